The number of para-hydroxylation sites is 1. The molecule has 0 aromatic heterocycles. The molecule has 1 unspecified atom stereocenters. The monoisotopic (exact) mass is 362 g/mol. The molecule has 0 radical (unpaired) electrons. The highest BCUT2D eigenvalue weighted by Gasteiger charge is 2.14. The second kappa shape index (κ2) is 8.27. The van der Waals surface area contributed by atoms with Gasteiger partial charge in [-0.05, 0) is 42.8 Å². The van der Waals surface area contributed by atoms with E-state index in [0.717, 1.165) is 5.56 Å². The van der Waals surface area contributed by atoms with Gasteiger partial charge in [-0.25, -0.2) is 4.39 Å². The summed E-state index contributed by atoms with van der Waals surface area (Å²) in [6.45, 7) is 1.89. The maximum absolute atomic E-state index is 13.7. The smallest absolute Gasteiger partial charge is 0.255 e. The Morgan fingerprint density at radius 2 is 1.44 bits per heavy atom. The lowest BCUT2D eigenvalue weighted by Gasteiger charge is -2.14. The molecule has 4 nitrogen and oxygen atoms in total. The summed E-state index contributed by atoms with van der Waals surface area (Å²) in [6, 6.07) is 21.7. The number of halogens is 1. The Kier molecular flexibility index (Phi) is 5.61. The van der Waals surface area contributed by atoms with Crippen LogP contribution in [0, 0.1) is 5.82 Å². The van der Waals surface area contributed by atoms with Gasteiger partial charge < -0.3 is 10.6 Å². The first kappa shape index (κ1) is 18.3. The van der Waals surface area contributed by atoms with Crippen LogP contribution >= 0.6 is 0 Å². The van der Waals surface area contributed by atoms with Gasteiger partial charge in [0.25, 0.3) is 11.8 Å². The second-order valence-electron chi connectivity index (χ2n) is 6.12. The third-order valence-corrected chi connectivity index (χ3v) is 4.16. The Bertz CT molecular complexity index is 957. The molecule has 27 heavy (non-hydrogen) atoms. The van der Waals surface area contributed by atoms with Crippen molar-refractivity contribution in [2.24, 2.45) is 0 Å². The van der Waals surface area contributed by atoms with E-state index in [0.29, 0.717) is 5.56 Å². The van der Waals surface area contributed by atoms with Gasteiger partial charge in [0.15, 0.2) is 0 Å². The van der Waals surface area contributed by atoms with E-state index in [4.69, 9.17) is 0 Å². The SMILES string of the molecule is CC(NC(=O)c1cccc(C(=O)Nc2ccccc2F)c1)c1ccccc1. The van der Waals surface area contributed by atoms with Crippen LogP contribution in [0.1, 0.15) is 39.2 Å². The minimum Gasteiger partial charge on any atom is -0.346 e. The molecule has 3 aromatic carbocycles. The van der Waals surface area contributed by atoms with Gasteiger partial charge >= 0.3 is 0 Å². The summed E-state index contributed by atoms with van der Waals surface area (Å²) in [7, 11) is 0. The van der Waals surface area contributed by atoms with E-state index in [1.807, 2.05) is 37.3 Å². The molecule has 136 valence electrons. The summed E-state index contributed by atoms with van der Waals surface area (Å²) in [6.07, 6.45) is 0. The number of rotatable bonds is 5. The zero-order valence-corrected chi connectivity index (χ0v) is 14.8. The largest absolute Gasteiger partial charge is 0.346 e. The standard InChI is InChI=1S/C22H19FN2O2/c1-15(16-8-3-2-4-9-16)24-21(26)17-10-7-11-18(14-17)22(27)25-20-13-6-5-12-19(20)23/h2-15H,1H3,(H,24,26)(H,25,27). The van der Waals surface area contributed by atoms with Crippen molar-refractivity contribution in [3.63, 3.8) is 0 Å². The third-order valence-electron chi connectivity index (χ3n) is 4.16. The van der Waals surface area contributed by atoms with Gasteiger partial charge in [-0.3, -0.25) is 9.59 Å². The number of hydrogen-bond acceptors (Lipinski definition) is 2. The van der Waals surface area contributed by atoms with Crippen molar-refractivity contribution in [2.75, 3.05) is 5.32 Å². The Hall–Kier alpha value is -3.47. The van der Waals surface area contributed by atoms with Crippen LogP contribution in [0.4, 0.5) is 10.1 Å². The Morgan fingerprint density at radius 1 is 0.815 bits per heavy atom. The maximum atomic E-state index is 13.7. The number of hydrogen-bond donors (Lipinski definition) is 2. The summed E-state index contributed by atoms with van der Waals surface area (Å²) in [5.41, 5.74) is 1.71. The van der Waals surface area contributed by atoms with Crippen LogP contribution < -0.4 is 10.6 Å². The summed E-state index contributed by atoms with van der Waals surface area (Å²) < 4.78 is 13.7. The zero-order valence-electron chi connectivity index (χ0n) is 14.8. The molecule has 0 bridgehead atoms. The fourth-order valence-electron chi connectivity index (χ4n) is 2.66. The van der Waals surface area contributed by atoms with Crippen LogP contribution in [0.5, 0.6) is 0 Å². The van der Waals surface area contributed by atoms with Crippen molar-refractivity contribution in [2.45, 2.75) is 13.0 Å². The van der Waals surface area contributed by atoms with Gasteiger partial charge in [0, 0.05) is 11.1 Å². The van der Waals surface area contributed by atoms with Gasteiger partial charge in [0.2, 0.25) is 0 Å². The first-order valence-electron chi connectivity index (χ1n) is 8.56. The Morgan fingerprint density at radius 3 is 2.15 bits per heavy atom. The molecule has 0 saturated heterocycles. The van der Waals surface area contributed by atoms with Gasteiger partial charge in [-0.1, -0.05) is 48.5 Å². The highest BCUT2D eigenvalue weighted by atomic mass is 19.1. The van der Waals surface area contributed by atoms with Crippen LogP contribution in [0.2, 0.25) is 0 Å². The topological polar surface area (TPSA) is 58.2 Å². The van der Waals surface area contributed by atoms with E-state index in [-0.39, 0.29) is 23.2 Å². The molecule has 0 spiro atoms. The molecular formula is C22H19FN2O2. The lowest BCUT2D eigenvalue weighted by atomic mass is 10.1. The van der Waals surface area contributed by atoms with E-state index in [1.54, 1.807) is 30.3 Å². The number of benzene rings is 3. The Balaban J connectivity index is 1.72. The molecular weight excluding hydrogens is 343 g/mol. The quantitative estimate of drug-likeness (QED) is 0.698. The minimum absolute atomic E-state index is 0.0926. The number of anilines is 1. The summed E-state index contributed by atoms with van der Waals surface area (Å²) in [5.74, 6) is -1.28. The highest BCUT2D eigenvalue weighted by Crippen LogP contribution is 2.16. The highest BCUT2D eigenvalue weighted by molar-refractivity contribution is 6.06. The first-order chi connectivity index (χ1) is 13.0. The van der Waals surface area contributed by atoms with E-state index >= 15 is 0 Å². The molecule has 0 heterocycles. The molecule has 3 aromatic rings. The van der Waals surface area contributed by atoms with Crippen molar-refractivity contribution < 1.29 is 14.0 Å². The fourth-order valence-corrected chi connectivity index (χ4v) is 2.66. The van der Waals surface area contributed by atoms with Crippen molar-refractivity contribution in [1.82, 2.24) is 5.32 Å². The second-order valence-corrected chi connectivity index (χ2v) is 6.12. The zero-order chi connectivity index (χ0) is 19.2. The maximum Gasteiger partial charge on any atom is 0.255 e. The molecule has 3 rings (SSSR count). The van der Waals surface area contributed by atoms with Crippen LogP contribution in [-0.4, -0.2) is 11.8 Å². The molecule has 1 atom stereocenters. The number of carbonyl (C=O) groups excluding carboxylic acids is 2. The van der Waals surface area contributed by atoms with Crippen molar-refractivity contribution in [3.8, 4) is 0 Å². The van der Waals surface area contributed by atoms with Crippen molar-refractivity contribution in [1.29, 1.82) is 0 Å². The average Bonchev–Trinajstić information content (AvgIpc) is 2.70. The first-order valence-corrected chi connectivity index (χ1v) is 8.56. The molecule has 2 N–H and O–H groups in total. The van der Waals surface area contributed by atoms with E-state index in [9.17, 15) is 14.0 Å². The summed E-state index contributed by atoms with van der Waals surface area (Å²) in [5, 5.41) is 5.42. The third kappa shape index (κ3) is 4.58. The van der Waals surface area contributed by atoms with Gasteiger partial charge in [0.05, 0.1) is 11.7 Å². The normalized spacial score (nSPS) is 11.5. The van der Waals surface area contributed by atoms with Gasteiger partial charge in [-0.15, -0.1) is 0 Å². The van der Waals surface area contributed by atoms with Crippen molar-refractivity contribution >= 4 is 17.5 Å². The molecule has 0 aliphatic carbocycles. The van der Waals surface area contributed by atoms with E-state index < -0.39 is 11.7 Å². The van der Waals surface area contributed by atoms with Gasteiger partial charge in [-0.2, -0.15) is 0 Å². The van der Waals surface area contributed by atoms with Crippen molar-refractivity contribution in [3.05, 3.63) is 101 Å². The summed E-state index contributed by atoms with van der Waals surface area (Å²) >= 11 is 0. The molecule has 0 aliphatic rings. The lowest BCUT2D eigenvalue weighted by molar-refractivity contribution is 0.0940. The number of nitrogens with one attached hydrogen (secondary N) is 2. The van der Waals surface area contributed by atoms with Crippen LogP contribution in [0.25, 0.3) is 0 Å². The van der Waals surface area contributed by atoms with E-state index in [1.165, 1.54) is 18.2 Å². The molecule has 2 amide bonds. The predicted octanol–water partition coefficient (Wildman–Crippen LogP) is 4.57. The predicted molar refractivity (Wildman–Crippen MR) is 103 cm³/mol. The van der Waals surface area contributed by atoms with Crippen LogP contribution in [0.15, 0.2) is 78.9 Å². The van der Waals surface area contributed by atoms with Crippen LogP contribution in [0.3, 0.4) is 0 Å². The molecule has 0 saturated carbocycles. The molecule has 0 fully saturated rings. The lowest BCUT2D eigenvalue weighted by Crippen LogP contribution is -2.27. The fraction of sp³-hybridized carbons (Fsp3) is 0.0909. The summed E-state index contributed by atoms with van der Waals surface area (Å²) in [4.78, 5) is 24.9. The average molecular weight is 362 g/mol. The molecule has 5 heteroatoms. The Labute approximate surface area is 157 Å². The number of carbonyl (C=O) groups is 2. The van der Waals surface area contributed by atoms with Crippen LogP contribution in [-0.2, 0) is 0 Å². The number of amides is 2. The van der Waals surface area contributed by atoms with E-state index in [2.05, 4.69) is 10.6 Å². The minimum atomic E-state index is -0.517. The van der Waals surface area contributed by atoms with Gasteiger partial charge in [0.1, 0.15) is 5.82 Å². The molecule has 0 aliphatic heterocycles.